The van der Waals surface area contributed by atoms with Gasteiger partial charge in [0.1, 0.15) is 10.8 Å². The van der Waals surface area contributed by atoms with Crippen LogP contribution in [0.25, 0.3) is 0 Å². The zero-order valence-corrected chi connectivity index (χ0v) is 18.5. The summed E-state index contributed by atoms with van der Waals surface area (Å²) in [6.45, 7) is 6.46. The summed E-state index contributed by atoms with van der Waals surface area (Å²) in [7, 11) is 1.69. The monoisotopic (exact) mass is 424 g/mol. The summed E-state index contributed by atoms with van der Waals surface area (Å²) in [4.78, 5) is 16.4. The number of methoxy groups -OCH3 is 1. The Balaban J connectivity index is 1.72. The number of carbonyl (C=O) groups is 1. The Morgan fingerprint density at radius 2 is 2.03 bits per heavy atom. The number of benzene rings is 1. The van der Waals surface area contributed by atoms with Gasteiger partial charge in [-0.05, 0) is 74.7 Å². The first kappa shape index (κ1) is 20.7. The van der Waals surface area contributed by atoms with Gasteiger partial charge in [0, 0.05) is 10.4 Å². The Labute approximate surface area is 181 Å². The van der Waals surface area contributed by atoms with Crippen LogP contribution in [0.15, 0.2) is 53.1 Å². The Kier molecular flexibility index (Phi) is 6.25. The highest BCUT2D eigenvalue weighted by Crippen LogP contribution is 2.41. The molecule has 0 aliphatic carbocycles. The van der Waals surface area contributed by atoms with Gasteiger partial charge in [-0.25, -0.2) is 0 Å². The fraction of sp³-hybridized carbons (Fsp3) is 0.375. The summed E-state index contributed by atoms with van der Waals surface area (Å²) in [5, 5.41) is 3.96. The molecule has 1 unspecified atom stereocenters. The van der Waals surface area contributed by atoms with Crippen LogP contribution in [0, 0.1) is 12.8 Å². The van der Waals surface area contributed by atoms with Crippen molar-refractivity contribution in [3.8, 4) is 5.75 Å². The minimum absolute atomic E-state index is 0.0597. The third kappa shape index (κ3) is 4.45. The van der Waals surface area contributed by atoms with E-state index in [0.717, 1.165) is 40.2 Å². The molecule has 1 aliphatic heterocycles. The number of anilines is 1. The lowest BCUT2D eigenvalue weighted by Crippen LogP contribution is -2.37. The number of nitrogens with zero attached hydrogens (tertiary/aromatic N) is 1. The van der Waals surface area contributed by atoms with Crippen LogP contribution in [0.4, 0.5) is 5.00 Å². The molecule has 0 bridgehead atoms. The third-order valence-corrected chi connectivity index (χ3v) is 6.73. The first-order valence-electron chi connectivity index (χ1n) is 10.4. The quantitative estimate of drug-likeness (QED) is 0.549. The summed E-state index contributed by atoms with van der Waals surface area (Å²) in [6, 6.07) is 13.9. The van der Waals surface area contributed by atoms with Gasteiger partial charge < -0.3 is 14.5 Å². The topological polar surface area (TPSA) is 54.7 Å². The van der Waals surface area contributed by atoms with Crippen molar-refractivity contribution >= 4 is 22.2 Å². The molecule has 3 aromatic rings. The van der Waals surface area contributed by atoms with E-state index >= 15 is 0 Å². The minimum atomic E-state index is -0.222. The molecule has 6 heteroatoms. The average Bonchev–Trinajstić information content (AvgIpc) is 3.40. The number of aryl methyl sites for hydroxylation is 1. The maximum Gasteiger partial charge on any atom is 0.291 e. The molecule has 1 atom stereocenters. The first-order valence-corrected chi connectivity index (χ1v) is 11.2. The predicted octanol–water partition coefficient (Wildman–Crippen LogP) is 5.73. The van der Waals surface area contributed by atoms with Gasteiger partial charge >= 0.3 is 0 Å². The highest BCUT2D eigenvalue weighted by Gasteiger charge is 2.30. The van der Waals surface area contributed by atoms with E-state index in [-0.39, 0.29) is 11.9 Å². The van der Waals surface area contributed by atoms with Gasteiger partial charge in [0.05, 0.1) is 19.4 Å². The Hall–Kier alpha value is -2.57. The molecule has 0 spiro atoms. The van der Waals surface area contributed by atoms with E-state index in [1.165, 1.54) is 24.7 Å². The zero-order chi connectivity index (χ0) is 21.1. The molecule has 0 radical (unpaired) electrons. The second-order valence-electron chi connectivity index (χ2n) is 7.97. The van der Waals surface area contributed by atoms with E-state index < -0.39 is 0 Å². The molecule has 3 heterocycles. The van der Waals surface area contributed by atoms with Gasteiger partial charge in [-0.3, -0.25) is 9.69 Å². The summed E-state index contributed by atoms with van der Waals surface area (Å²) in [5.41, 5.74) is 2.30. The molecule has 1 saturated heterocycles. The van der Waals surface area contributed by atoms with E-state index in [1.807, 2.05) is 12.1 Å². The van der Waals surface area contributed by atoms with Crippen LogP contribution in [0.2, 0.25) is 0 Å². The Morgan fingerprint density at radius 3 is 2.73 bits per heavy atom. The smallest absolute Gasteiger partial charge is 0.291 e. The fourth-order valence-corrected chi connectivity index (χ4v) is 5.03. The number of hydrogen-bond donors (Lipinski definition) is 1. The van der Waals surface area contributed by atoms with Gasteiger partial charge in [-0.1, -0.05) is 19.1 Å². The number of piperidine rings is 1. The molecule has 0 saturated carbocycles. The highest BCUT2D eigenvalue weighted by atomic mass is 32.1. The maximum absolute atomic E-state index is 12.7. The van der Waals surface area contributed by atoms with Crippen molar-refractivity contribution in [2.75, 3.05) is 25.5 Å². The Bertz CT molecular complexity index is 988. The number of carbonyl (C=O) groups excluding carboxylic acids is 1. The van der Waals surface area contributed by atoms with Crippen molar-refractivity contribution in [3.05, 3.63) is 70.5 Å². The van der Waals surface area contributed by atoms with Crippen LogP contribution in [0.5, 0.6) is 5.75 Å². The van der Waals surface area contributed by atoms with Crippen molar-refractivity contribution < 1.29 is 13.9 Å². The van der Waals surface area contributed by atoms with Crippen molar-refractivity contribution in [2.45, 2.75) is 32.7 Å². The van der Waals surface area contributed by atoms with Gasteiger partial charge in [0.15, 0.2) is 5.76 Å². The van der Waals surface area contributed by atoms with Crippen LogP contribution < -0.4 is 10.1 Å². The van der Waals surface area contributed by atoms with E-state index in [9.17, 15) is 4.79 Å². The van der Waals surface area contributed by atoms with E-state index in [1.54, 1.807) is 30.6 Å². The average molecular weight is 425 g/mol. The lowest BCUT2D eigenvalue weighted by Gasteiger charge is -2.37. The number of hydrogen-bond acceptors (Lipinski definition) is 5. The summed E-state index contributed by atoms with van der Waals surface area (Å²) in [5.74, 6) is 1.68. The van der Waals surface area contributed by atoms with Crippen LogP contribution in [-0.4, -0.2) is 31.0 Å². The van der Waals surface area contributed by atoms with Gasteiger partial charge in [0.2, 0.25) is 0 Å². The van der Waals surface area contributed by atoms with Gasteiger partial charge in [0.25, 0.3) is 5.91 Å². The molecular weight excluding hydrogens is 396 g/mol. The zero-order valence-electron chi connectivity index (χ0n) is 17.7. The molecule has 5 nitrogen and oxygen atoms in total. The number of likely N-dealkylation sites (tertiary alicyclic amines) is 1. The lowest BCUT2D eigenvalue weighted by molar-refractivity contribution is 0.0996. The maximum atomic E-state index is 12.7. The Morgan fingerprint density at radius 1 is 1.23 bits per heavy atom. The van der Waals surface area contributed by atoms with Gasteiger partial charge in [-0.15, -0.1) is 11.3 Å². The molecule has 4 rings (SSSR count). The van der Waals surface area contributed by atoms with Crippen molar-refractivity contribution in [3.63, 3.8) is 0 Å². The normalized spacial score (nSPS) is 16.4. The predicted molar refractivity (Wildman–Crippen MR) is 121 cm³/mol. The molecule has 158 valence electrons. The summed E-state index contributed by atoms with van der Waals surface area (Å²) in [6.07, 6.45) is 3.87. The van der Waals surface area contributed by atoms with E-state index in [2.05, 4.69) is 42.3 Å². The molecule has 1 fully saturated rings. The van der Waals surface area contributed by atoms with Crippen molar-refractivity contribution in [1.29, 1.82) is 0 Å². The van der Waals surface area contributed by atoms with Crippen LogP contribution in [-0.2, 0) is 0 Å². The number of furan rings is 1. The lowest BCUT2D eigenvalue weighted by atomic mass is 9.92. The number of thiophene rings is 1. The standard InChI is InChI=1S/C24H28N2O3S/c1-16-9-11-26(12-10-16)22(18-6-4-7-19(15-18)28-3)20-14-17(2)30-24(20)25-23(27)21-8-5-13-29-21/h4-8,13-16,22H,9-12H2,1-3H3,(H,25,27). The van der Waals surface area contributed by atoms with E-state index in [0.29, 0.717) is 5.76 Å². The minimum Gasteiger partial charge on any atom is -0.497 e. The number of amides is 1. The molecule has 1 aliphatic rings. The van der Waals surface area contributed by atoms with Crippen molar-refractivity contribution in [2.24, 2.45) is 5.92 Å². The largest absolute Gasteiger partial charge is 0.497 e. The fourth-order valence-electron chi connectivity index (χ4n) is 4.09. The number of nitrogens with one attached hydrogen (secondary N) is 1. The summed E-state index contributed by atoms with van der Waals surface area (Å²) < 4.78 is 10.8. The summed E-state index contributed by atoms with van der Waals surface area (Å²) >= 11 is 1.61. The van der Waals surface area contributed by atoms with Crippen LogP contribution >= 0.6 is 11.3 Å². The first-order chi connectivity index (χ1) is 14.5. The number of rotatable bonds is 6. The van der Waals surface area contributed by atoms with Crippen LogP contribution in [0.1, 0.15) is 52.4 Å². The SMILES string of the molecule is COc1cccc(C(c2cc(C)sc2NC(=O)c2ccco2)N2CCC(C)CC2)c1. The number of ether oxygens (including phenoxy) is 1. The molecule has 1 amide bonds. The van der Waals surface area contributed by atoms with E-state index in [4.69, 9.17) is 9.15 Å². The molecule has 2 aromatic heterocycles. The second kappa shape index (κ2) is 9.06. The molecular formula is C24H28N2O3S. The van der Waals surface area contributed by atoms with Crippen molar-refractivity contribution in [1.82, 2.24) is 4.90 Å². The van der Waals surface area contributed by atoms with Gasteiger partial charge in [-0.2, -0.15) is 0 Å². The third-order valence-electron chi connectivity index (χ3n) is 5.74. The molecule has 1 N–H and O–H groups in total. The van der Waals surface area contributed by atoms with Crippen LogP contribution in [0.3, 0.4) is 0 Å². The second-order valence-corrected chi connectivity index (χ2v) is 9.23. The highest BCUT2D eigenvalue weighted by molar-refractivity contribution is 7.16. The molecule has 30 heavy (non-hydrogen) atoms. The molecule has 1 aromatic carbocycles.